The molecule has 0 aliphatic rings. The molecule has 0 spiro atoms. The van der Waals surface area contributed by atoms with Crippen molar-refractivity contribution in [1.82, 2.24) is 5.32 Å². The average molecular weight is 421 g/mol. The SMILES string of the molecule is O=C(COc1ccc(Br)cc1)NCc1ccc(-c2ccc(Cl)cc2)o1. The predicted octanol–water partition coefficient (Wildman–Crippen LogP) is 5.06. The van der Waals surface area contributed by atoms with E-state index in [0.29, 0.717) is 23.1 Å². The van der Waals surface area contributed by atoms with Gasteiger partial charge < -0.3 is 14.5 Å². The molecule has 1 N–H and O–H groups in total. The van der Waals surface area contributed by atoms with Crippen molar-refractivity contribution >= 4 is 33.4 Å². The molecule has 4 nitrogen and oxygen atoms in total. The maximum atomic E-state index is 11.9. The van der Waals surface area contributed by atoms with E-state index < -0.39 is 0 Å². The van der Waals surface area contributed by atoms with Crippen molar-refractivity contribution in [2.24, 2.45) is 0 Å². The van der Waals surface area contributed by atoms with Crippen LogP contribution in [0.5, 0.6) is 5.75 Å². The molecule has 1 amide bonds. The lowest BCUT2D eigenvalue weighted by atomic mass is 10.2. The van der Waals surface area contributed by atoms with Gasteiger partial charge in [0, 0.05) is 15.1 Å². The van der Waals surface area contributed by atoms with Crippen LogP contribution in [0.1, 0.15) is 5.76 Å². The van der Waals surface area contributed by atoms with Crippen LogP contribution in [-0.2, 0) is 11.3 Å². The van der Waals surface area contributed by atoms with Crippen LogP contribution in [0.15, 0.2) is 69.6 Å². The summed E-state index contributed by atoms with van der Waals surface area (Å²) in [5.41, 5.74) is 0.931. The van der Waals surface area contributed by atoms with E-state index in [-0.39, 0.29) is 12.5 Å². The number of halogens is 2. The van der Waals surface area contributed by atoms with Crippen molar-refractivity contribution in [3.05, 3.63) is 75.9 Å². The fourth-order valence-corrected chi connectivity index (χ4v) is 2.55. The van der Waals surface area contributed by atoms with Crippen LogP contribution in [0.2, 0.25) is 5.02 Å². The van der Waals surface area contributed by atoms with Crippen LogP contribution in [0, 0.1) is 0 Å². The highest BCUT2D eigenvalue weighted by molar-refractivity contribution is 9.10. The van der Waals surface area contributed by atoms with E-state index in [4.69, 9.17) is 20.8 Å². The van der Waals surface area contributed by atoms with E-state index in [2.05, 4.69) is 21.2 Å². The molecule has 128 valence electrons. The molecule has 0 saturated carbocycles. The topological polar surface area (TPSA) is 51.5 Å². The van der Waals surface area contributed by atoms with Crippen molar-refractivity contribution in [3.8, 4) is 17.1 Å². The Morgan fingerprint density at radius 2 is 1.76 bits per heavy atom. The van der Waals surface area contributed by atoms with Gasteiger partial charge in [0.1, 0.15) is 17.3 Å². The van der Waals surface area contributed by atoms with Crippen LogP contribution in [0.4, 0.5) is 0 Å². The molecular formula is C19H15BrClNO3. The molecule has 0 aliphatic carbocycles. The number of nitrogens with one attached hydrogen (secondary N) is 1. The number of amides is 1. The summed E-state index contributed by atoms with van der Waals surface area (Å²) in [7, 11) is 0. The van der Waals surface area contributed by atoms with Gasteiger partial charge in [-0.3, -0.25) is 4.79 Å². The van der Waals surface area contributed by atoms with Gasteiger partial charge >= 0.3 is 0 Å². The number of rotatable bonds is 6. The first-order valence-corrected chi connectivity index (χ1v) is 8.77. The van der Waals surface area contributed by atoms with Crippen molar-refractivity contribution in [1.29, 1.82) is 0 Å². The Kier molecular flexibility index (Phi) is 5.79. The van der Waals surface area contributed by atoms with Gasteiger partial charge in [0.05, 0.1) is 6.54 Å². The van der Waals surface area contributed by atoms with Gasteiger partial charge in [-0.1, -0.05) is 27.5 Å². The van der Waals surface area contributed by atoms with E-state index in [1.54, 1.807) is 24.3 Å². The van der Waals surface area contributed by atoms with Crippen molar-refractivity contribution < 1.29 is 13.9 Å². The summed E-state index contributed by atoms with van der Waals surface area (Å²) in [6, 6.07) is 18.4. The number of ether oxygens (including phenoxy) is 1. The largest absolute Gasteiger partial charge is 0.484 e. The highest BCUT2D eigenvalue weighted by atomic mass is 79.9. The molecule has 1 heterocycles. The highest BCUT2D eigenvalue weighted by Gasteiger charge is 2.07. The molecular weight excluding hydrogens is 406 g/mol. The number of carbonyl (C=O) groups excluding carboxylic acids is 1. The van der Waals surface area contributed by atoms with E-state index in [9.17, 15) is 4.79 Å². The lowest BCUT2D eigenvalue weighted by Crippen LogP contribution is -2.28. The first-order valence-electron chi connectivity index (χ1n) is 7.60. The van der Waals surface area contributed by atoms with Gasteiger partial charge in [-0.15, -0.1) is 0 Å². The normalized spacial score (nSPS) is 10.5. The maximum Gasteiger partial charge on any atom is 0.258 e. The molecule has 25 heavy (non-hydrogen) atoms. The van der Waals surface area contributed by atoms with Gasteiger partial charge in [0.2, 0.25) is 0 Å². The van der Waals surface area contributed by atoms with E-state index >= 15 is 0 Å². The zero-order chi connectivity index (χ0) is 17.6. The maximum absolute atomic E-state index is 11.9. The Hall–Kier alpha value is -2.24. The minimum absolute atomic E-state index is 0.0492. The second-order valence-electron chi connectivity index (χ2n) is 5.29. The Labute approximate surface area is 158 Å². The van der Waals surface area contributed by atoms with Gasteiger partial charge in [-0.05, 0) is 60.7 Å². The zero-order valence-electron chi connectivity index (χ0n) is 13.2. The van der Waals surface area contributed by atoms with Gasteiger partial charge in [0.25, 0.3) is 5.91 Å². The molecule has 1 aromatic heterocycles. The number of hydrogen-bond acceptors (Lipinski definition) is 3. The molecule has 6 heteroatoms. The average Bonchev–Trinajstić information content (AvgIpc) is 3.09. The minimum atomic E-state index is -0.215. The van der Waals surface area contributed by atoms with Gasteiger partial charge in [-0.25, -0.2) is 0 Å². The Morgan fingerprint density at radius 1 is 1.04 bits per heavy atom. The quantitative estimate of drug-likeness (QED) is 0.606. The monoisotopic (exact) mass is 419 g/mol. The molecule has 3 rings (SSSR count). The molecule has 0 radical (unpaired) electrons. The highest BCUT2D eigenvalue weighted by Crippen LogP contribution is 2.23. The van der Waals surface area contributed by atoms with Crippen LogP contribution < -0.4 is 10.1 Å². The second-order valence-corrected chi connectivity index (χ2v) is 6.64. The summed E-state index contributed by atoms with van der Waals surface area (Å²) in [6.07, 6.45) is 0. The molecule has 0 bridgehead atoms. The number of hydrogen-bond donors (Lipinski definition) is 1. The number of carbonyl (C=O) groups is 1. The first-order chi connectivity index (χ1) is 12.1. The predicted molar refractivity (Wildman–Crippen MR) is 101 cm³/mol. The lowest BCUT2D eigenvalue weighted by Gasteiger charge is -2.06. The molecule has 0 fully saturated rings. The summed E-state index contributed by atoms with van der Waals surface area (Å²) in [4.78, 5) is 11.9. The molecule has 3 aromatic rings. The Morgan fingerprint density at radius 3 is 2.48 bits per heavy atom. The molecule has 0 saturated heterocycles. The van der Waals surface area contributed by atoms with Crippen molar-refractivity contribution in [3.63, 3.8) is 0 Å². The van der Waals surface area contributed by atoms with Crippen molar-refractivity contribution in [2.45, 2.75) is 6.54 Å². The Balaban J connectivity index is 1.49. The number of benzene rings is 2. The Bertz CT molecular complexity index is 844. The van der Waals surface area contributed by atoms with Crippen molar-refractivity contribution in [2.75, 3.05) is 6.61 Å². The number of furan rings is 1. The molecule has 0 unspecified atom stereocenters. The third-order valence-electron chi connectivity index (χ3n) is 3.43. The molecule has 0 aliphatic heterocycles. The zero-order valence-corrected chi connectivity index (χ0v) is 15.5. The van der Waals surface area contributed by atoms with E-state index in [1.807, 2.05) is 36.4 Å². The smallest absolute Gasteiger partial charge is 0.258 e. The fourth-order valence-electron chi connectivity index (χ4n) is 2.16. The fraction of sp³-hybridized carbons (Fsp3) is 0.105. The summed E-state index contributed by atoms with van der Waals surface area (Å²) < 4.78 is 12.1. The van der Waals surface area contributed by atoms with Crippen LogP contribution >= 0.6 is 27.5 Å². The second kappa shape index (κ2) is 8.23. The van der Waals surface area contributed by atoms with Crippen LogP contribution in [0.25, 0.3) is 11.3 Å². The summed E-state index contributed by atoms with van der Waals surface area (Å²) >= 11 is 9.22. The van der Waals surface area contributed by atoms with E-state index in [0.717, 1.165) is 15.8 Å². The summed E-state index contributed by atoms with van der Waals surface area (Å²) in [6.45, 7) is 0.252. The standard InChI is InChI=1S/C19H15BrClNO3/c20-14-3-7-16(8-4-14)24-12-19(23)22-11-17-9-10-18(25-17)13-1-5-15(21)6-2-13/h1-10H,11-12H2,(H,22,23). The third-order valence-corrected chi connectivity index (χ3v) is 4.21. The van der Waals surface area contributed by atoms with E-state index in [1.165, 1.54) is 0 Å². The molecule has 2 aromatic carbocycles. The van der Waals surface area contributed by atoms with Crippen LogP contribution in [-0.4, -0.2) is 12.5 Å². The first kappa shape index (κ1) is 17.6. The third kappa shape index (κ3) is 5.11. The summed E-state index contributed by atoms with van der Waals surface area (Å²) in [5.74, 6) is 1.82. The molecule has 0 atom stereocenters. The van der Waals surface area contributed by atoms with Gasteiger partial charge in [0.15, 0.2) is 6.61 Å². The van der Waals surface area contributed by atoms with Gasteiger partial charge in [-0.2, -0.15) is 0 Å². The lowest BCUT2D eigenvalue weighted by molar-refractivity contribution is -0.123. The van der Waals surface area contributed by atoms with Crippen LogP contribution in [0.3, 0.4) is 0 Å². The summed E-state index contributed by atoms with van der Waals surface area (Å²) in [5, 5.41) is 3.44. The minimum Gasteiger partial charge on any atom is -0.484 e.